The molecule has 5 heteroatoms. The Kier molecular flexibility index (Phi) is 45.1. The number of allylic oxidation sites excluding steroid dienone is 18. The van der Waals surface area contributed by atoms with Gasteiger partial charge in [0.25, 0.3) is 0 Å². The van der Waals surface area contributed by atoms with E-state index < -0.39 is 6.10 Å². The van der Waals surface area contributed by atoms with E-state index in [9.17, 15) is 14.7 Å². The lowest BCUT2D eigenvalue weighted by molar-refractivity contribution is -0.161. The quantitative estimate of drug-likeness (QED) is 0.0379. The Hall–Kier alpha value is -3.44. The minimum Gasteiger partial charge on any atom is -0.462 e. The third kappa shape index (κ3) is 45.3. The molecule has 0 saturated heterocycles. The molecule has 0 heterocycles. The van der Waals surface area contributed by atoms with Gasteiger partial charge in [0.1, 0.15) is 6.61 Å². The number of unbranched alkanes of at least 4 members (excludes halogenated alkanes) is 15. The number of carbonyl (C=O) groups is 2. The van der Waals surface area contributed by atoms with Gasteiger partial charge in [-0.15, -0.1) is 0 Å². The molecule has 1 unspecified atom stereocenters. The molecule has 0 radical (unpaired) electrons. The van der Waals surface area contributed by atoms with Crippen molar-refractivity contribution in [1.82, 2.24) is 0 Å². The van der Waals surface area contributed by atoms with E-state index in [1.165, 1.54) is 51.4 Å². The minimum absolute atomic E-state index is 0.0830. The molecule has 0 aromatic carbocycles. The van der Waals surface area contributed by atoms with Crippen LogP contribution >= 0.6 is 0 Å². The van der Waals surface area contributed by atoms with Gasteiger partial charge in [-0.3, -0.25) is 9.59 Å². The predicted molar refractivity (Wildman–Crippen MR) is 251 cm³/mol. The normalized spacial score (nSPS) is 13.2. The van der Waals surface area contributed by atoms with Gasteiger partial charge >= 0.3 is 11.9 Å². The van der Waals surface area contributed by atoms with E-state index in [2.05, 4.69) is 123 Å². The van der Waals surface area contributed by atoms with Crippen molar-refractivity contribution in [3.63, 3.8) is 0 Å². The highest BCUT2D eigenvalue weighted by Crippen LogP contribution is 2.13. The van der Waals surface area contributed by atoms with E-state index in [1.54, 1.807) is 0 Å². The fourth-order valence-corrected chi connectivity index (χ4v) is 6.10. The van der Waals surface area contributed by atoms with Gasteiger partial charge in [-0.25, -0.2) is 0 Å². The van der Waals surface area contributed by atoms with Gasteiger partial charge in [0.15, 0.2) is 6.10 Å². The summed E-state index contributed by atoms with van der Waals surface area (Å²) in [5.41, 5.74) is 0. The van der Waals surface area contributed by atoms with Crippen LogP contribution in [0.1, 0.15) is 194 Å². The smallest absolute Gasteiger partial charge is 0.306 e. The second-order valence-electron chi connectivity index (χ2n) is 15.1. The van der Waals surface area contributed by atoms with Crippen LogP contribution in [0.3, 0.4) is 0 Å². The van der Waals surface area contributed by atoms with Crippen molar-refractivity contribution in [1.29, 1.82) is 0 Å². The van der Waals surface area contributed by atoms with Crippen LogP contribution in [-0.4, -0.2) is 36.4 Å². The number of aliphatic hydroxyl groups excluding tert-OH is 1. The second-order valence-corrected chi connectivity index (χ2v) is 15.1. The summed E-state index contributed by atoms with van der Waals surface area (Å²) in [4.78, 5) is 24.4. The van der Waals surface area contributed by atoms with E-state index >= 15 is 0 Å². The highest BCUT2D eigenvalue weighted by molar-refractivity contribution is 5.70. The zero-order chi connectivity index (χ0) is 42.1. The highest BCUT2D eigenvalue weighted by atomic mass is 16.6. The van der Waals surface area contributed by atoms with Crippen molar-refractivity contribution >= 4 is 11.9 Å². The lowest BCUT2D eigenvalue weighted by Gasteiger charge is -2.15. The van der Waals surface area contributed by atoms with Crippen molar-refractivity contribution in [2.24, 2.45) is 0 Å². The van der Waals surface area contributed by atoms with Crippen LogP contribution < -0.4 is 0 Å². The maximum atomic E-state index is 12.2. The zero-order valence-corrected chi connectivity index (χ0v) is 37.3. The zero-order valence-electron chi connectivity index (χ0n) is 37.3. The van der Waals surface area contributed by atoms with Crippen LogP contribution in [0.4, 0.5) is 0 Å². The number of carbonyl (C=O) groups excluding carboxylic acids is 2. The largest absolute Gasteiger partial charge is 0.462 e. The number of aliphatic hydroxyl groups is 1. The van der Waals surface area contributed by atoms with Crippen molar-refractivity contribution in [2.45, 2.75) is 200 Å². The van der Waals surface area contributed by atoms with Gasteiger partial charge in [-0.2, -0.15) is 0 Å². The first-order valence-electron chi connectivity index (χ1n) is 23.4. The molecule has 1 atom stereocenters. The van der Waals surface area contributed by atoms with Gasteiger partial charge in [-0.05, 0) is 96.3 Å². The maximum absolute atomic E-state index is 12.2. The molecule has 328 valence electrons. The van der Waals surface area contributed by atoms with E-state index in [0.717, 1.165) is 116 Å². The summed E-state index contributed by atoms with van der Waals surface area (Å²) >= 11 is 0. The molecule has 0 aromatic rings. The molecule has 0 amide bonds. The van der Waals surface area contributed by atoms with Crippen molar-refractivity contribution < 1.29 is 24.2 Å². The average molecular weight is 803 g/mol. The van der Waals surface area contributed by atoms with Crippen LogP contribution in [0.2, 0.25) is 0 Å². The summed E-state index contributed by atoms with van der Waals surface area (Å²) in [5.74, 6) is -0.625. The number of ether oxygens (including phenoxy) is 2. The van der Waals surface area contributed by atoms with E-state index in [0.29, 0.717) is 12.8 Å². The van der Waals surface area contributed by atoms with Gasteiger partial charge in [0.2, 0.25) is 0 Å². The van der Waals surface area contributed by atoms with E-state index in [-0.39, 0.29) is 25.2 Å². The molecule has 0 spiro atoms. The summed E-state index contributed by atoms with van der Waals surface area (Å²) in [6.07, 6.45) is 68.7. The maximum Gasteiger partial charge on any atom is 0.306 e. The van der Waals surface area contributed by atoms with Crippen LogP contribution in [0.25, 0.3) is 0 Å². The van der Waals surface area contributed by atoms with Crippen molar-refractivity contribution in [2.75, 3.05) is 13.2 Å². The SMILES string of the molecule is CC/C=C\C/C=C\C/C=C\C/C=C\C/C=C\CCCCCCCC(=O)OC(CO)COC(=O)CCCCCCCCCCCC/C=C\C/C=C\C/C=C\C/C=C\CC. The monoisotopic (exact) mass is 803 g/mol. The molecule has 0 aliphatic rings. The lowest BCUT2D eigenvalue weighted by Crippen LogP contribution is -2.28. The molecule has 0 aliphatic carbocycles. The van der Waals surface area contributed by atoms with E-state index in [1.807, 2.05) is 0 Å². The fraction of sp³-hybridized carbons (Fsp3) is 0.623. The Balaban J connectivity index is 3.61. The standard InChI is InChI=1S/C53H86O5/c1-3-5-7-9-11-13-15-17-19-21-23-25-26-28-29-31-33-35-37-39-41-43-45-47-52(55)57-50-51(49-54)58-53(56)48-46-44-42-40-38-36-34-32-30-27-24-22-20-18-16-14-12-10-8-6-4-2/h5-8,11-14,17-20,23-25,27,32,34,51,54H,3-4,9-10,15-16,21-22,26,28-31,33,35-50H2,1-2H3/b7-5-,8-6-,13-11-,14-12-,19-17-,20-18-,25-23-,27-24-,34-32-. The average Bonchev–Trinajstić information content (AvgIpc) is 3.23. The van der Waals surface area contributed by atoms with E-state index in [4.69, 9.17) is 9.47 Å². The molecule has 0 fully saturated rings. The molecular formula is C53H86O5. The van der Waals surface area contributed by atoms with Gasteiger partial charge < -0.3 is 14.6 Å². The Labute approximate surface area is 357 Å². The summed E-state index contributed by atoms with van der Waals surface area (Å²) < 4.78 is 10.6. The second kappa shape index (κ2) is 47.9. The Morgan fingerprint density at radius 1 is 0.397 bits per heavy atom. The number of esters is 2. The topological polar surface area (TPSA) is 72.8 Å². The number of rotatable bonds is 41. The molecule has 0 saturated carbocycles. The predicted octanol–water partition coefficient (Wildman–Crippen LogP) is 15.4. The summed E-state index contributed by atoms with van der Waals surface area (Å²) in [7, 11) is 0. The summed E-state index contributed by atoms with van der Waals surface area (Å²) in [6.45, 7) is 3.89. The fourth-order valence-electron chi connectivity index (χ4n) is 6.10. The molecule has 58 heavy (non-hydrogen) atoms. The summed E-state index contributed by atoms with van der Waals surface area (Å²) in [5, 5.41) is 9.61. The van der Waals surface area contributed by atoms with Crippen molar-refractivity contribution in [3.8, 4) is 0 Å². The molecule has 0 rings (SSSR count). The highest BCUT2D eigenvalue weighted by Gasteiger charge is 2.16. The molecule has 0 aliphatic heterocycles. The van der Waals surface area contributed by atoms with Crippen LogP contribution in [0.15, 0.2) is 109 Å². The first-order valence-corrected chi connectivity index (χ1v) is 23.4. The van der Waals surface area contributed by atoms with Gasteiger partial charge in [0.05, 0.1) is 6.61 Å². The number of hydrogen-bond donors (Lipinski definition) is 1. The number of hydrogen-bond acceptors (Lipinski definition) is 5. The van der Waals surface area contributed by atoms with Crippen molar-refractivity contribution in [3.05, 3.63) is 109 Å². The third-order valence-corrected chi connectivity index (χ3v) is 9.56. The van der Waals surface area contributed by atoms with Crippen LogP contribution in [0, 0.1) is 0 Å². The summed E-state index contributed by atoms with van der Waals surface area (Å²) in [6, 6.07) is 0. The first-order chi connectivity index (χ1) is 28.6. The minimum atomic E-state index is -0.792. The Morgan fingerprint density at radius 2 is 0.690 bits per heavy atom. The van der Waals surface area contributed by atoms with Gasteiger partial charge in [-0.1, -0.05) is 194 Å². The molecule has 5 nitrogen and oxygen atoms in total. The molecule has 0 aromatic heterocycles. The first kappa shape index (κ1) is 54.6. The lowest BCUT2D eigenvalue weighted by atomic mass is 10.1. The molecular weight excluding hydrogens is 717 g/mol. The third-order valence-electron chi connectivity index (χ3n) is 9.56. The van der Waals surface area contributed by atoms with Gasteiger partial charge in [0, 0.05) is 12.8 Å². The Bertz CT molecular complexity index is 1180. The molecule has 0 bridgehead atoms. The Morgan fingerprint density at radius 3 is 1.03 bits per heavy atom. The molecule has 1 N–H and O–H groups in total. The van der Waals surface area contributed by atoms with Crippen LogP contribution in [0.5, 0.6) is 0 Å². The van der Waals surface area contributed by atoms with Crippen LogP contribution in [-0.2, 0) is 19.1 Å².